The first-order valence-electron chi connectivity index (χ1n) is 5.86. The smallest absolute Gasteiger partial charge is 0.234 e. The van der Waals surface area contributed by atoms with E-state index in [0.717, 1.165) is 0 Å². The number of carbonyl (C=O) groups is 1. The number of Topliss-reactive ketones (excluding diaryl/α,β-unsaturated/α-hetero) is 1. The van der Waals surface area contributed by atoms with Gasteiger partial charge in [-0.2, -0.15) is 4.98 Å². The van der Waals surface area contributed by atoms with Crippen molar-refractivity contribution in [3.8, 4) is 0 Å². The van der Waals surface area contributed by atoms with E-state index in [0.29, 0.717) is 18.3 Å². The van der Waals surface area contributed by atoms with Crippen molar-refractivity contribution in [2.45, 2.75) is 46.6 Å². The van der Waals surface area contributed by atoms with Crippen LogP contribution >= 0.6 is 0 Å². The molecule has 1 rings (SSSR count). The fraction of sp³-hybridized carbons (Fsp3) is 0.750. The van der Waals surface area contributed by atoms with Crippen LogP contribution in [0.25, 0.3) is 0 Å². The zero-order valence-corrected chi connectivity index (χ0v) is 11.1. The highest BCUT2D eigenvalue weighted by Gasteiger charge is 2.27. The van der Waals surface area contributed by atoms with Crippen molar-refractivity contribution in [3.63, 3.8) is 0 Å². The van der Waals surface area contributed by atoms with E-state index in [-0.39, 0.29) is 18.1 Å². The van der Waals surface area contributed by atoms with Gasteiger partial charge in [-0.3, -0.25) is 4.79 Å². The maximum absolute atomic E-state index is 11.5. The fourth-order valence-corrected chi connectivity index (χ4v) is 1.35. The largest absolute Gasteiger partial charge is 0.368 e. The highest BCUT2D eigenvalue weighted by Crippen LogP contribution is 2.21. The third-order valence-electron chi connectivity index (χ3n) is 2.48. The van der Waals surface area contributed by atoms with E-state index in [1.54, 1.807) is 0 Å². The molecule has 0 radical (unpaired) electrons. The van der Waals surface area contributed by atoms with Crippen molar-refractivity contribution >= 4 is 5.78 Å². The van der Waals surface area contributed by atoms with Gasteiger partial charge in [0.2, 0.25) is 11.7 Å². The first kappa shape index (κ1) is 13.8. The van der Waals surface area contributed by atoms with E-state index < -0.39 is 5.60 Å². The van der Waals surface area contributed by atoms with Gasteiger partial charge in [0.1, 0.15) is 11.4 Å². The summed E-state index contributed by atoms with van der Waals surface area (Å²) in [5.74, 6) is 0.900. The van der Waals surface area contributed by atoms with Gasteiger partial charge in [-0.15, -0.1) is 0 Å². The van der Waals surface area contributed by atoms with Crippen LogP contribution in [0.15, 0.2) is 4.52 Å². The number of aromatic nitrogens is 2. The summed E-state index contributed by atoms with van der Waals surface area (Å²) in [5, 5.41) is 3.86. The zero-order chi connectivity index (χ0) is 13.1. The minimum absolute atomic E-state index is 0.0229. The molecule has 0 atom stereocenters. The van der Waals surface area contributed by atoms with Crippen molar-refractivity contribution < 1.29 is 14.1 Å². The van der Waals surface area contributed by atoms with E-state index in [4.69, 9.17) is 9.26 Å². The van der Waals surface area contributed by atoms with Crippen molar-refractivity contribution in [2.24, 2.45) is 5.92 Å². The van der Waals surface area contributed by atoms with Crippen LogP contribution in [0, 0.1) is 5.92 Å². The molecule has 0 fully saturated rings. The molecular weight excluding hydrogens is 220 g/mol. The van der Waals surface area contributed by atoms with Crippen LogP contribution in [-0.2, 0) is 21.6 Å². The van der Waals surface area contributed by atoms with Crippen LogP contribution in [0.4, 0.5) is 0 Å². The van der Waals surface area contributed by atoms with Crippen LogP contribution < -0.4 is 0 Å². The Morgan fingerprint density at radius 3 is 2.65 bits per heavy atom. The summed E-state index contributed by atoms with van der Waals surface area (Å²) in [6, 6.07) is 0. The molecule has 1 aromatic heterocycles. The van der Waals surface area contributed by atoms with Crippen molar-refractivity contribution in [3.05, 3.63) is 11.7 Å². The predicted molar refractivity (Wildman–Crippen MR) is 62.5 cm³/mol. The van der Waals surface area contributed by atoms with Crippen LogP contribution in [0.3, 0.4) is 0 Å². The standard InChI is InChI=1S/C12H20N2O3/c1-6-16-12(4,5)11-13-10(17-14-11)7-9(15)8(2)3/h8H,6-7H2,1-5H3. The van der Waals surface area contributed by atoms with Crippen LogP contribution in [0.2, 0.25) is 0 Å². The summed E-state index contributed by atoms with van der Waals surface area (Å²) in [6.45, 7) is 9.92. The Bertz CT molecular complexity index is 383. The van der Waals surface area contributed by atoms with Gasteiger partial charge >= 0.3 is 0 Å². The molecule has 0 aliphatic heterocycles. The third kappa shape index (κ3) is 3.63. The van der Waals surface area contributed by atoms with Gasteiger partial charge in [-0.25, -0.2) is 0 Å². The summed E-state index contributed by atoms with van der Waals surface area (Å²) in [5.41, 5.74) is -0.586. The average molecular weight is 240 g/mol. The molecule has 0 aromatic carbocycles. The molecule has 0 saturated heterocycles. The van der Waals surface area contributed by atoms with Gasteiger partial charge in [-0.1, -0.05) is 19.0 Å². The molecule has 17 heavy (non-hydrogen) atoms. The van der Waals surface area contributed by atoms with Crippen molar-refractivity contribution in [1.82, 2.24) is 10.1 Å². The molecular formula is C12H20N2O3. The lowest BCUT2D eigenvalue weighted by molar-refractivity contribution is -0.121. The van der Waals surface area contributed by atoms with Crippen molar-refractivity contribution in [2.75, 3.05) is 6.61 Å². The summed E-state index contributed by atoms with van der Waals surface area (Å²) in [7, 11) is 0. The Kier molecular flexibility index (Phi) is 4.40. The first-order chi connectivity index (χ1) is 7.86. The third-order valence-corrected chi connectivity index (χ3v) is 2.48. The van der Waals surface area contributed by atoms with E-state index in [1.807, 2.05) is 34.6 Å². The minimum atomic E-state index is -0.586. The van der Waals surface area contributed by atoms with Gasteiger partial charge in [-0.05, 0) is 20.8 Å². The molecule has 0 spiro atoms. The molecule has 5 heteroatoms. The molecule has 0 unspecified atom stereocenters. The van der Waals surface area contributed by atoms with E-state index in [9.17, 15) is 4.79 Å². The van der Waals surface area contributed by atoms with Gasteiger partial charge in [0.05, 0.1) is 6.42 Å². The monoisotopic (exact) mass is 240 g/mol. The van der Waals surface area contributed by atoms with Gasteiger partial charge in [0, 0.05) is 12.5 Å². The highest BCUT2D eigenvalue weighted by molar-refractivity contribution is 5.81. The lowest BCUT2D eigenvalue weighted by atomic mass is 10.1. The van der Waals surface area contributed by atoms with Gasteiger partial charge in [0.25, 0.3) is 0 Å². The molecule has 96 valence electrons. The molecule has 0 aliphatic carbocycles. The van der Waals surface area contributed by atoms with E-state index in [1.165, 1.54) is 0 Å². The molecule has 0 saturated carbocycles. The van der Waals surface area contributed by atoms with Crippen LogP contribution in [0.1, 0.15) is 46.3 Å². The maximum Gasteiger partial charge on any atom is 0.234 e. The first-order valence-corrected chi connectivity index (χ1v) is 5.86. The molecule has 0 aliphatic rings. The molecule has 5 nitrogen and oxygen atoms in total. The summed E-state index contributed by atoms with van der Waals surface area (Å²) < 4.78 is 10.6. The Hall–Kier alpha value is -1.23. The second-order valence-corrected chi connectivity index (χ2v) is 4.75. The Balaban J connectivity index is 2.75. The highest BCUT2D eigenvalue weighted by atomic mass is 16.5. The SMILES string of the molecule is CCOC(C)(C)c1noc(CC(=O)C(C)C)n1. The molecule has 1 heterocycles. The zero-order valence-electron chi connectivity index (χ0n) is 11.1. The normalized spacial score (nSPS) is 12.1. The summed E-state index contributed by atoms with van der Waals surface area (Å²) in [6.07, 6.45) is 0.187. The molecule has 0 N–H and O–H groups in total. The second-order valence-electron chi connectivity index (χ2n) is 4.75. The topological polar surface area (TPSA) is 65.2 Å². The Labute approximate surface area is 102 Å². The lowest BCUT2D eigenvalue weighted by Gasteiger charge is -2.19. The molecule has 1 aromatic rings. The van der Waals surface area contributed by atoms with Crippen molar-refractivity contribution in [1.29, 1.82) is 0 Å². The van der Waals surface area contributed by atoms with Gasteiger partial charge < -0.3 is 9.26 Å². The number of ether oxygens (including phenoxy) is 1. The van der Waals surface area contributed by atoms with E-state index in [2.05, 4.69) is 10.1 Å². The van der Waals surface area contributed by atoms with Gasteiger partial charge in [0.15, 0.2) is 0 Å². The number of hydrogen-bond donors (Lipinski definition) is 0. The predicted octanol–water partition coefficient (Wildman–Crippen LogP) is 2.11. The number of nitrogens with zero attached hydrogens (tertiary/aromatic N) is 2. The Morgan fingerprint density at radius 1 is 1.47 bits per heavy atom. The molecule has 0 amide bonds. The van der Waals surface area contributed by atoms with Crippen LogP contribution in [-0.4, -0.2) is 22.5 Å². The fourth-order valence-electron chi connectivity index (χ4n) is 1.35. The Morgan fingerprint density at radius 2 is 2.12 bits per heavy atom. The second kappa shape index (κ2) is 5.40. The summed E-state index contributed by atoms with van der Waals surface area (Å²) >= 11 is 0. The average Bonchev–Trinajstić information content (AvgIpc) is 2.66. The van der Waals surface area contributed by atoms with Crippen LogP contribution in [0.5, 0.6) is 0 Å². The number of rotatable bonds is 6. The van der Waals surface area contributed by atoms with E-state index >= 15 is 0 Å². The maximum atomic E-state index is 11.5. The number of ketones is 1. The quantitative estimate of drug-likeness (QED) is 0.762. The number of hydrogen-bond acceptors (Lipinski definition) is 5. The molecule has 0 bridgehead atoms. The minimum Gasteiger partial charge on any atom is -0.368 e. The lowest BCUT2D eigenvalue weighted by Crippen LogP contribution is -2.23. The number of carbonyl (C=O) groups excluding carboxylic acids is 1. The summed E-state index contributed by atoms with van der Waals surface area (Å²) in [4.78, 5) is 15.7.